The normalized spacial score (nSPS) is 12.9. The second kappa shape index (κ2) is 8.11. The molecule has 118 valence electrons. The first kappa shape index (κ1) is 17.6. The van der Waals surface area contributed by atoms with E-state index in [1.54, 1.807) is 6.92 Å². The van der Waals surface area contributed by atoms with Gasteiger partial charge in [0.1, 0.15) is 6.04 Å². The fraction of sp³-hybridized carbons (Fsp3) is 0.500. The Kier molecular flexibility index (Phi) is 6.80. The zero-order chi connectivity index (χ0) is 15.9. The van der Waals surface area contributed by atoms with Crippen molar-refractivity contribution >= 4 is 15.9 Å². The molecule has 0 radical (unpaired) electrons. The minimum atomic E-state index is -3.17. The summed E-state index contributed by atoms with van der Waals surface area (Å²) in [5.74, 6) is -0.213. The van der Waals surface area contributed by atoms with E-state index >= 15 is 0 Å². The molecule has 4 N–H and O–H groups in total. The Labute approximate surface area is 126 Å². The van der Waals surface area contributed by atoms with Crippen molar-refractivity contribution in [2.75, 3.05) is 18.8 Å². The Morgan fingerprint density at radius 1 is 1.24 bits per heavy atom. The van der Waals surface area contributed by atoms with Crippen molar-refractivity contribution in [2.45, 2.75) is 26.3 Å². The third kappa shape index (κ3) is 6.24. The maximum atomic E-state index is 11.9. The summed E-state index contributed by atoms with van der Waals surface area (Å²) in [6.07, 6.45) is 0.519. The van der Waals surface area contributed by atoms with Gasteiger partial charge in [-0.3, -0.25) is 4.79 Å². The van der Waals surface area contributed by atoms with Crippen LogP contribution in [0, 0.1) is 6.92 Å². The van der Waals surface area contributed by atoms with E-state index in [2.05, 4.69) is 10.0 Å². The van der Waals surface area contributed by atoms with E-state index in [9.17, 15) is 13.2 Å². The number of benzene rings is 1. The largest absolute Gasteiger partial charge is 0.354 e. The molecular weight excluding hydrogens is 290 g/mol. The van der Waals surface area contributed by atoms with Crippen molar-refractivity contribution in [3.8, 4) is 0 Å². The van der Waals surface area contributed by atoms with Gasteiger partial charge in [-0.05, 0) is 25.8 Å². The maximum absolute atomic E-state index is 11.9. The van der Waals surface area contributed by atoms with E-state index in [1.807, 2.05) is 31.2 Å². The van der Waals surface area contributed by atoms with Gasteiger partial charge in [0.15, 0.2) is 0 Å². The molecule has 0 saturated heterocycles. The number of carbonyl (C=O) groups excluding carboxylic acids is 1. The lowest BCUT2D eigenvalue weighted by molar-refractivity contribution is -0.122. The highest BCUT2D eigenvalue weighted by atomic mass is 32.2. The molecule has 0 bridgehead atoms. The molecule has 0 fully saturated rings. The Morgan fingerprint density at radius 3 is 2.43 bits per heavy atom. The molecule has 1 aromatic carbocycles. The Balaban J connectivity index is 2.32. The van der Waals surface area contributed by atoms with E-state index in [4.69, 9.17) is 5.73 Å². The van der Waals surface area contributed by atoms with Crippen LogP contribution >= 0.6 is 0 Å². The van der Waals surface area contributed by atoms with E-state index in [0.29, 0.717) is 19.5 Å². The molecule has 7 heteroatoms. The number of aryl methyl sites for hydroxylation is 1. The first-order chi connectivity index (χ1) is 9.85. The Bertz CT molecular complexity index is 555. The predicted molar refractivity (Wildman–Crippen MR) is 83.2 cm³/mol. The van der Waals surface area contributed by atoms with Crippen LogP contribution in [0.25, 0.3) is 0 Å². The van der Waals surface area contributed by atoms with Gasteiger partial charge in [0.25, 0.3) is 0 Å². The Morgan fingerprint density at radius 2 is 1.86 bits per heavy atom. The van der Waals surface area contributed by atoms with Crippen LogP contribution in [0.5, 0.6) is 0 Å². The lowest BCUT2D eigenvalue weighted by Gasteiger charge is -2.13. The van der Waals surface area contributed by atoms with Crippen molar-refractivity contribution in [3.05, 3.63) is 35.4 Å². The molecule has 1 atom stereocenters. The van der Waals surface area contributed by atoms with Crippen LogP contribution < -0.4 is 15.8 Å². The third-order valence-electron chi connectivity index (χ3n) is 3.07. The quantitative estimate of drug-likeness (QED) is 0.606. The number of hydrogen-bond donors (Lipinski definition) is 3. The van der Waals surface area contributed by atoms with Crippen molar-refractivity contribution in [3.63, 3.8) is 0 Å². The van der Waals surface area contributed by atoms with Gasteiger partial charge in [-0.15, -0.1) is 0 Å². The number of nitrogens with one attached hydrogen (secondary N) is 2. The van der Waals surface area contributed by atoms with Crippen molar-refractivity contribution in [1.82, 2.24) is 10.0 Å². The van der Waals surface area contributed by atoms with Gasteiger partial charge in [-0.2, -0.15) is 0 Å². The lowest BCUT2D eigenvalue weighted by Crippen LogP contribution is -2.36. The molecule has 1 rings (SSSR count). The molecular formula is C14H23N3O3S. The average molecular weight is 313 g/mol. The van der Waals surface area contributed by atoms with Crippen LogP contribution in [-0.4, -0.2) is 33.2 Å². The molecule has 0 aromatic heterocycles. The molecule has 21 heavy (non-hydrogen) atoms. The number of carbonyl (C=O) groups is 1. The maximum Gasteiger partial charge on any atom is 0.241 e. The molecule has 0 aliphatic rings. The van der Waals surface area contributed by atoms with Crippen molar-refractivity contribution < 1.29 is 13.2 Å². The highest BCUT2D eigenvalue weighted by molar-refractivity contribution is 7.89. The first-order valence-corrected chi connectivity index (χ1v) is 8.58. The molecule has 0 aliphatic carbocycles. The summed E-state index contributed by atoms with van der Waals surface area (Å²) in [4.78, 5) is 11.9. The van der Waals surface area contributed by atoms with Gasteiger partial charge in [-0.25, -0.2) is 13.1 Å². The topological polar surface area (TPSA) is 101 Å². The summed E-state index contributed by atoms with van der Waals surface area (Å²) in [6, 6.07) is 6.76. The SMILES string of the molecule is CCS(=O)(=O)NCCCNC(=O)C(N)c1ccc(C)cc1. The minimum absolute atomic E-state index is 0.0532. The summed E-state index contributed by atoms with van der Waals surface area (Å²) in [5.41, 5.74) is 7.73. The van der Waals surface area contributed by atoms with Gasteiger partial charge in [0, 0.05) is 13.1 Å². The fourth-order valence-electron chi connectivity index (χ4n) is 1.66. The van der Waals surface area contributed by atoms with E-state index < -0.39 is 16.1 Å². The minimum Gasteiger partial charge on any atom is -0.354 e. The van der Waals surface area contributed by atoms with Gasteiger partial charge in [-0.1, -0.05) is 29.8 Å². The molecule has 1 unspecified atom stereocenters. The van der Waals surface area contributed by atoms with E-state index in [0.717, 1.165) is 11.1 Å². The van der Waals surface area contributed by atoms with E-state index in [-0.39, 0.29) is 11.7 Å². The molecule has 1 aromatic rings. The predicted octanol–water partition coefficient (Wildman–Crippen LogP) is 0.440. The molecule has 0 spiro atoms. The highest BCUT2D eigenvalue weighted by Crippen LogP contribution is 2.11. The second-order valence-electron chi connectivity index (χ2n) is 4.83. The van der Waals surface area contributed by atoms with Gasteiger partial charge in [0.05, 0.1) is 5.75 Å². The van der Waals surface area contributed by atoms with Crippen molar-refractivity contribution in [2.24, 2.45) is 5.73 Å². The zero-order valence-electron chi connectivity index (χ0n) is 12.4. The molecule has 6 nitrogen and oxygen atoms in total. The number of rotatable bonds is 8. The van der Waals surface area contributed by atoms with Crippen LogP contribution in [-0.2, 0) is 14.8 Å². The summed E-state index contributed by atoms with van der Waals surface area (Å²) in [7, 11) is -3.17. The Hall–Kier alpha value is -1.44. The smallest absolute Gasteiger partial charge is 0.241 e. The molecule has 0 heterocycles. The first-order valence-electron chi connectivity index (χ1n) is 6.93. The summed E-state index contributed by atoms with van der Waals surface area (Å²) in [5, 5.41) is 2.70. The fourth-order valence-corrected chi connectivity index (χ4v) is 2.32. The number of nitrogens with two attached hydrogens (primary N) is 1. The van der Waals surface area contributed by atoms with Gasteiger partial charge >= 0.3 is 0 Å². The third-order valence-corrected chi connectivity index (χ3v) is 4.48. The van der Waals surface area contributed by atoms with Crippen LogP contribution in [0.15, 0.2) is 24.3 Å². The standard InChI is InChI=1S/C14H23N3O3S/c1-3-21(19,20)17-10-4-9-16-14(18)13(15)12-7-5-11(2)6-8-12/h5-8,13,17H,3-4,9-10,15H2,1-2H3,(H,16,18). The van der Waals surface area contributed by atoms with Crippen molar-refractivity contribution in [1.29, 1.82) is 0 Å². The number of amides is 1. The van der Waals surface area contributed by atoms with Gasteiger partial charge in [0.2, 0.25) is 15.9 Å². The molecule has 0 aliphatic heterocycles. The van der Waals surface area contributed by atoms with Gasteiger partial charge < -0.3 is 11.1 Å². The molecule has 1 amide bonds. The molecule has 0 saturated carbocycles. The zero-order valence-corrected chi connectivity index (χ0v) is 13.2. The summed E-state index contributed by atoms with van der Waals surface area (Å²) < 4.78 is 24.8. The van der Waals surface area contributed by atoms with Crippen LogP contribution in [0.2, 0.25) is 0 Å². The number of hydrogen-bond acceptors (Lipinski definition) is 4. The monoisotopic (exact) mass is 313 g/mol. The van der Waals surface area contributed by atoms with Crippen LogP contribution in [0.4, 0.5) is 0 Å². The summed E-state index contributed by atoms with van der Waals surface area (Å²) in [6.45, 7) is 4.22. The highest BCUT2D eigenvalue weighted by Gasteiger charge is 2.14. The van der Waals surface area contributed by atoms with Crippen LogP contribution in [0.3, 0.4) is 0 Å². The lowest BCUT2D eigenvalue weighted by atomic mass is 10.1. The average Bonchev–Trinajstić information content (AvgIpc) is 2.46. The summed E-state index contributed by atoms with van der Waals surface area (Å²) >= 11 is 0. The number of sulfonamides is 1. The second-order valence-corrected chi connectivity index (χ2v) is 6.93. The van der Waals surface area contributed by atoms with E-state index in [1.165, 1.54) is 0 Å². The van der Waals surface area contributed by atoms with Crippen LogP contribution in [0.1, 0.15) is 30.5 Å².